The number of hydrogen-bond donors (Lipinski definition) is 0. The Kier molecular flexibility index (Phi) is 9.77. The van der Waals surface area contributed by atoms with E-state index in [9.17, 15) is 4.79 Å². The number of aryl methyl sites for hydroxylation is 1. The van der Waals surface area contributed by atoms with Crippen LogP contribution in [0.4, 0.5) is 0 Å². The Balaban J connectivity index is 0.822. The summed E-state index contributed by atoms with van der Waals surface area (Å²) in [6, 6.07) is 20.4. The monoisotopic (exact) mass is 684 g/mol. The van der Waals surface area contributed by atoms with E-state index in [-0.39, 0.29) is 12.1 Å². The molecule has 0 saturated heterocycles. The SMILES string of the molecule is CC(C)CCC[C@@H](C)[C@H]1CC[C@H]2[C@@H]3CC=C4C[C@H](OC(=O)CCCCCc5ccc6ccc7cccc8ccc5c6c78)CC[C@]4(C)[C@H]3CC[C@]12C. The third kappa shape index (κ3) is 6.44. The number of unbranched alkanes of at least 4 members (excludes halogenated alkanes) is 2. The summed E-state index contributed by atoms with van der Waals surface area (Å²) in [5.41, 5.74) is 3.90. The molecular weight excluding hydrogens is 621 g/mol. The van der Waals surface area contributed by atoms with E-state index in [0.717, 1.165) is 74.0 Å². The van der Waals surface area contributed by atoms with Gasteiger partial charge in [0.1, 0.15) is 6.10 Å². The molecule has 0 N–H and O–H groups in total. The van der Waals surface area contributed by atoms with Crippen LogP contribution in [0.25, 0.3) is 32.3 Å². The lowest BCUT2D eigenvalue weighted by Gasteiger charge is -2.58. The molecule has 3 saturated carbocycles. The first-order valence-electron chi connectivity index (χ1n) is 21.2. The van der Waals surface area contributed by atoms with E-state index < -0.39 is 0 Å². The van der Waals surface area contributed by atoms with Crippen LogP contribution in [0.2, 0.25) is 0 Å². The molecule has 0 heterocycles. The van der Waals surface area contributed by atoms with Gasteiger partial charge in [0.2, 0.25) is 0 Å². The zero-order chi connectivity index (χ0) is 35.3. The van der Waals surface area contributed by atoms with Gasteiger partial charge >= 0.3 is 5.97 Å². The molecule has 4 aromatic rings. The van der Waals surface area contributed by atoms with Gasteiger partial charge < -0.3 is 4.74 Å². The zero-order valence-electron chi connectivity index (χ0n) is 32.4. The number of carbonyl (C=O) groups is 1. The van der Waals surface area contributed by atoms with Crippen molar-refractivity contribution in [3.8, 4) is 0 Å². The van der Waals surface area contributed by atoms with Crippen molar-refractivity contribution in [2.75, 3.05) is 0 Å². The van der Waals surface area contributed by atoms with Crippen LogP contribution in [-0.4, -0.2) is 12.1 Å². The molecule has 0 bridgehead atoms. The number of ether oxygens (including phenoxy) is 1. The molecule has 0 unspecified atom stereocenters. The van der Waals surface area contributed by atoms with Crippen molar-refractivity contribution in [1.82, 2.24) is 0 Å². The first-order chi connectivity index (χ1) is 24.7. The smallest absolute Gasteiger partial charge is 0.306 e. The summed E-state index contributed by atoms with van der Waals surface area (Å²) >= 11 is 0. The number of fused-ring (bicyclic) bond motifs is 5. The van der Waals surface area contributed by atoms with Crippen LogP contribution in [0.3, 0.4) is 0 Å². The standard InChI is InChI=1S/C49H64O2/c1-32(2)11-9-12-33(3)42-25-26-43-41-24-22-38-31-39(27-29-48(38,4)44(41)28-30-49(42,43)5)51-45(50)16-8-6-7-13-34-17-18-37-20-19-35-14-10-15-36-21-23-40(34)47(37)46(35)36/h10,14-15,17-23,32-33,39,41-44H,6-9,11-13,16,24-31H2,1-5H3/t33-,39-,41+,42-,43+,44+,48+,49-/m1/s1. The van der Waals surface area contributed by atoms with Crippen LogP contribution >= 0.6 is 0 Å². The van der Waals surface area contributed by atoms with Crippen molar-refractivity contribution in [1.29, 1.82) is 0 Å². The van der Waals surface area contributed by atoms with Gasteiger partial charge in [-0.1, -0.05) is 127 Å². The summed E-state index contributed by atoms with van der Waals surface area (Å²) in [5.74, 6) is 5.19. The first-order valence-corrected chi connectivity index (χ1v) is 21.2. The van der Waals surface area contributed by atoms with E-state index in [1.807, 2.05) is 0 Å². The lowest BCUT2D eigenvalue weighted by Crippen LogP contribution is -2.51. The highest BCUT2D eigenvalue weighted by Crippen LogP contribution is 2.67. The normalized spacial score (nSPS) is 31.1. The molecule has 8 atom stereocenters. The van der Waals surface area contributed by atoms with Crippen molar-refractivity contribution in [2.24, 2.45) is 46.3 Å². The highest BCUT2D eigenvalue weighted by molar-refractivity contribution is 6.23. The van der Waals surface area contributed by atoms with Gasteiger partial charge in [-0.25, -0.2) is 0 Å². The number of rotatable bonds is 12. The lowest BCUT2D eigenvalue weighted by molar-refractivity contribution is -0.151. The van der Waals surface area contributed by atoms with Crippen LogP contribution in [0, 0.1) is 46.3 Å². The molecule has 0 aromatic heterocycles. The largest absolute Gasteiger partial charge is 0.462 e. The Morgan fingerprint density at radius 1 is 0.784 bits per heavy atom. The highest BCUT2D eigenvalue weighted by Gasteiger charge is 2.59. The Labute approximate surface area is 308 Å². The number of esters is 1. The van der Waals surface area contributed by atoms with Crippen molar-refractivity contribution in [3.05, 3.63) is 71.8 Å². The van der Waals surface area contributed by atoms with E-state index in [2.05, 4.69) is 95.3 Å². The third-order valence-corrected chi connectivity index (χ3v) is 15.5. The highest BCUT2D eigenvalue weighted by atomic mass is 16.5. The van der Waals surface area contributed by atoms with E-state index in [0.29, 0.717) is 17.3 Å². The predicted octanol–water partition coefficient (Wildman–Crippen LogP) is 13.6. The minimum atomic E-state index is 0.0218. The second kappa shape index (κ2) is 14.2. The van der Waals surface area contributed by atoms with Crippen LogP contribution in [-0.2, 0) is 16.0 Å². The molecular formula is C49H64O2. The molecule has 272 valence electrons. The number of benzene rings is 4. The summed E-state index contributed by atoms with van der Waals surface area (Å²) < 4.78 is 6.20. The Morgan fingerprint density at radius 2 is 1.55 bits per heavy atom. The van der Waals surface area contributed by atoms with Crippen molar-refractivity contribution < 1.29 is 9.53 Å². The van der Waals surface area contributed by atoms with Crippen LogP contribution < -0.4 is 0 Å². The summed E-state index contributed by atoms with van der Waals surface area (Å²) in [4.78, 5) is 13.1. The summed E-state index contributed by atoms with van der Waals surface area (Å²) in [6.45, 7) is 12.6. The summed E-state index contributed by atoms with van der Waals surface area (Å²) in [5, 5.41) is 8.17. The average Bonchev–Trinajstić information content (AvgIpc) is 3.48. The molecule has 8 rings (SSSR count). The van der Waals surface area contributed by atoms with E-state index in [1.165, 1.54) is 95.7 Å². The third-order valence-electron chi connectivity index (χ3n) is 15.5. The number of allylic oxidation sites excluding steroid dienone is 1. The maximum atomic E-state index is 13.1. The molecule has 0 amide bonds. The Bertz CT molecular complexity index is 1870. The van der Waals surface area contributed by atoms with Crippen molar-refractivity contribution >= 4 is 38.3 Å². The lowest BCUT2D eigenvalue weighted by atomic mass is 9.47. The quantitative estimate of drug-likeness (QED) is 0.0642. The van der Waals surface area contributed by atoms with Gasteiger partial charge in [-0.3, -0.25) is 4.79 Å². The molecule has 4 aliphatic rings. The van der Waals surface area contributed by atoms with Crippen molar-refractivity contribution in [3.63, 3.8) is 0 Å². The van der Waals surface area contributed by atoms with Gasteiger partial charge in [0, 0.05) is 12.8 Å². The zero-order valence-corrected chi connectivity index (χ0v) is 32.4. The van der Waals surface area contributed by atoms with Gasteiger partial charge in [-0.2, -0.15) is 0 Å². The maximum Gasteiger partial charge on any atom is 0.306 e. The van der Waals surface area contributed by atoms with E-state index >= 15 is 0 Å². The second-order valence-corrected chi connectivity index (χ2v) is 18.8. The molecule has 51 heavy (non-hydrogen) atoms. The topological polar surface area (TPSA) is 26.3 Å². The fourth-order valence-electron chi connectivity index (χ4n) is 12.8. The first kappa shape index (κ1) is 35.2. The molecule has 0 spiro atoms. The van der Waals surface area contributed by atoms with Gasteiger partial charge in [0.05, 0.1) is 0 Å². The molecule has 4 aromatic carbocycles. The van der Waals surface area contributed by atoms with Gasteiger partial charge in [0.25, 0.3) is 0 Å². The maximum absolute atomic E-state index is 13.1. The fourth-order valence-corrected chi connectivity index (χ4v) is 12.8. The molecule has 3 fully saturated rings. The van der Waals surface area contributed by atoms with E-state index in [1.54, 1.807) is 5.57 Å². The van der Waals surface area contributed by atoms with Gasteiger partial charge in [-0.05, 0) is 148 Å². The second-order valence-electron chi connectivity index (χ2n) is 18.8. The minimum Gasteiger partial charge on any atom is -0.462 e. The number of carbonyl (C=O) groups excluding carboxylic acids is 1. The van der Waals surface area contributed by atoms with Crippen LogP contribution in [0.15, 0.2) is 66.2 Å². The average molecular weight is 685 g/mol. The molecule has 4 aliphatic carbocycles. The predicted molar refractivity (Wildman–Crippen MR) is 215 cm³/mol. The minimum absolute atomic E-state index is 0.0218. The van der Waals surface area contributed by atoms with Crippen LogP contribution in [0.5, 0.6) is 0 Å². The Hall–Kier alpha value is -2.87. The molecule has 0 aliphatic heterocycles. The molecule has 2 nitrogen and oxygen atoms in total. The molecule has 2 heteroatoms. The summed E-state index contributed by atoms with van der Waals surface area (Å²) in [7, 11) is 0. The fraction of sp³-hybridized carbons (Fsp3) is 0.612. The number of hydrogen-bond acceptors (Lipinski definition) is 2. The van der Waals surface area contributed by atoms with Crippen LogP contribution in [0.1, 0.15) is 136 Å². The van der Waals surface area contributed by atoms with E-state index in [4.69, 9.17) is 4.74 Å². The molecule has 0 radical (unpaired) electrons. The Morgan fingerprint density at radius 3 is 2.35 bits per heavy atom. The van der Waals surface area contributed by atoms with Gasteiger partial charge in [-0.15, -0.1) is 0 Å². The summed E-state index contributed by atoms with van der Waals surface area (Å²) in [6.07, 6.45) is 21.8. The van der Waals surface area contributed by atoms with Gasteiger partial charge in [0.15, 0.2) is 0 Å². The van der Waals surface area contributed by atoms with Crippen molar-refractivity contribution in [2.45, 2.75) is 143 Å².